The van der Waals surface area contributed by atoms with Gasteiger partial charge in [0.15, 0.2) is 5.78 Å². The fourth-order valence-corrected chi connectivity index (χ4v) is 6.29. The number of amides is 1. The Morgan fingerprint density at radius 3 is 2.14 bits per heavy atom. The third kappa shape index (κ3) is 3.91. The van der Waals surface area contributed by atoms with Crippen LogP contribution in [0.1, 0.15) is 59.6 Å². The summed E-state index contributed by atoms with van der Waals surface area (Å²) in [6.07, 6.45) is 4.75. The van der Waals surface area contributed by atoms with Gasteiger partial charge in [0.25, 0.3) is 0 Å². The zero-order chi connectivity index (χ0) is 23.9. The summed E-state index contributed by atoms with van der Waals surface area (Å²) in [5.74, 6) is -0.701. The quantitative estimate of drug-likeness (QED) is 0.440. The topological polar surface area (TPSA) is 59.5 Å². The molecule has 3 heterocycles. The highest BCUT2D eigenvalue weighted by atomic mass is 19.1. The number of carbonyl (C=O) groups is 2. The number of hydrogen-bond donors (Lipinski definition) is 0. The number of rotatable bonds is 4. The normalized spacial score (nSPS) is 22.9. The maximum atomic E-state index is 13.3. The second kappa shape index (κ2) is 8.91. The molecule has 2 saturated heterocycles. The van der Waals surface area contributed by atoms with E-state index in [0.717, 1.165) is 25.5 Å². The number of pyridine rings is 1. The molecule has 3 aromatic rings. The number of carbonyl (C=O) groups excluding carboxylic acids is 2. The highest BCUT2D eigenvalue weighted by Gasteiger charge is 2.44. The molecule has 1 amide bonds. The van der Waals surface area contributed by atoms with E-state index in [4.69, 9.17) is 4.74 Å². The molecule has 6 heteroatoms. The minimum atomic E-state index is -0.455. The zero-order valence-corrected chi connectivity index (χ0v) is 19.4. The van der Waals surface area contributed by atoms with Crippen molar-refractivity contribution in [2.24, 2.45) is 5.92 Å². The molecule has 0 spiro atoms. The molecule has 2 unspecified atom stereocenters. The number of ketones is 1. The first-order valence-corrected chi connectivity index (χ1v) is 12.4. The van der Waals surface area contributed by atoms with Crippen LogP contribution in [0.15, 0.2) is 66.9 Å². The highest BCUT2D eigenvalue weighted by molar-refractivity contribution is 5.96. The molecule has 1 aromatic heterocycles. The van der Waals surface area contributed by atoms with Crippen molar-refractivity contribution in [2.45, 2.75) is 50.1 Å². The summed E-state index contributed by atoms with van der Waals surface area (Å²) in [5.41, 5.74) is 5.09. The van der Waals surface area contributed by atoms with E-state index in [1.165, 1.54) is 34.4 Å². The van der Waals surface area contributed by atoms with Gasteiger partial charge in [0.2, 0.25) is 0 Å². The number of benzene rings is 2. The number of fused-ring (bicyclic) bond motifs is 5. The van der Waals surface area contributed by atoms with Gasteiger partial charge in [0.1, 0.15) is 18.1 Å². The SMILES string of the molecule is O=C(c1ccc(F)cn1)C1CC2CCCC(C1)N2C(=O)OCC1c2ccccc2-c2ccccc21. The van der Waals surface area contributed by atoms with Gasteiger partial charge >= 0.3 is 6.09 Å². The van der Waals surface area contributed by atoms with E-state index in [1.54, 1.807) is 0 Å². The van der Waals surface area contributed by atoms with Gasteiger partial charge < -0.3 is 9.64 Å². The molecule has 6 rings (SSSR count). The van der Waals surface area contributed by atoms with E-state index >= 15 is 0 Å². The van der Waals surface area contributed by atoms with Gasteiger partial charge in [0.05, 0.1) is 6.20 Å². The molecule has 1 aliphatic carbocycles. The molecule has 2 bridgehead atoms. The predicted molar refractivity (Wildman–Crippen MR) is 130 cm³/mol. The molecule has 0 N–H and O–H groups in total. The third-order valence-electron chi connectivity index (χ3n) is 7.87. The Kier molecular flexibility index (Phi) is 5.59. The lowest BCUT2D eigenvalue weighted by Gasteiger charge is -2.47. The lowest BCUT2D eigenvalue weighted by Crippen LogP contribution is -2.56. The monoisotopic (exact) mass is 470 g/mol. The number of aromatic nitrogens is 1. The van der Waals surface area contributed by atoms with Gasteiger partial charge in [-0.2, -0.15) is 0 Å². The summed E-state index contributed by atoms with van der Waals surface area (Å²) >= 11 is 0. The summed E-state index contributed by atoms with van der Waals surface area (Å²) < 4.78 is 19.2. The number of halogens is 1. The van der Waals surface area contributed by atoms with Gasteiger partial charge in [-0.15, -0.1) is 0 Å². The van der Waals surface area contributed by atoms with Crippen molar-refractivity contribution < 1.29 is 18.7 Å². The Morgan fingerprint density at radius 1 is 0.914 bits per heavy atom. The molecule has 2 fully saturated rings. The first kappa shape index (κ1) is 22.0. The second-order valence-electron chi connectivity index (χ2n) is 9.84. The minimum absolute atomic E-state index is 0.0208. The van der Waals surface area contributed by atoms with Crippen molar-refractivity contribution in [3.05, 3.63) is 89.5 Å². The number of hydrogen-bond acceptors (Lipinski definition) is 4. The Hall–Kier alpha value is -3.54. The highest BCUT2D eigenvalue weighted by Crippen LogP contribution is 2.45. The van der Waals surface area contributed by atoms with Crippen molar-refractivity contribution in [3.8, 4) is 11.1 Å². The van der Waals surface area contributed by atoms with Gasteiger partial charge in [-0.3, -0.25) is 9.78 Å². The smallest absolute Gasteiger partial charge is 0.410 e. The standard InChI is InChI=1S/C29H27FN2O3/c30-19-12-13-27(31-16-19)28(33)18-14-20-6-5-7-21(15-18)32(20)29(34)35-17-26-24-10-3-1-8-22(24)23-9-2-4-11-25(23)26/h1-4,8-13,16,18,20-21,26H,5-7,14-15,17H2. The first-order chi connectivity index (χ1) is 17.1. The van der Waals surface area contributed by atoms with E-state index in [-0.39, 0.29) is 35.8 Å². The lowest BCUT2D eigenvalue weighted by molar-refractivity contribution is 0.00640. The molecule has 178 valence electrons. The molecule has 2 atom stereocenters. The van der Waals surface area contributed by atoms with Crippen LogP contribution in [0.3, 0.4) is 0 Å². The first-order valence-electron chi connectivity index (χ1n) is 12.4. The number of Topliss-reactive ketones (excluding diaryl/α,β-unsaturated/α-hetero) is 1. The Labute approximate surface area is 203 Å². The molecule has 2 aliphatic heterocycles. The van der Waals surface area contributed by atoms with Crippen LogP contribution >= 0.6 is 0 Å². The third-order valence-corrected chi connectivity index (χ3v) is 7.87. The van der Waals surface area contributed by atoms with Crippen molar-refractivity contribution in [1.29, 1.82) is 0 Å². The molecule has 0 radical (unpaired) electrons. The molecular formula is C29H27FN2O3. The van der Waals surface area contributed by atoms with E-state index < -0.39 is 5.82 Å². The van der Waals surface area contributed by atoms with Crippen LogP contribution in [0.2, 0.25) is 0 Å². The van der Waals surface area contributed by atoms with Gasteiger partial charge in [-0.05, 0) is 66.5 Å². The summed E-state index contributed by atoms with van der Waals surface area (Å²) in [6.45, 7) is 0.296. The van der Waals surface area contributed by atoms with E-state index in [2.05, 4.69) is 29.2 Å². The van der Waals surface area contributed by atoms with Crippen LogP contribution in [0, 0.1) is 11.7 Å². The van der Waals surface area contributed by atoms with Crippen molar-refractivity contribution >= 4 is 11.9 Å². The Balaban J connectivity index is 1.16. The molecular weight excluding hydrogens is 443 g/mol. The average Bonchev–Trinajstić information content (AvgIpc) is 3.20. The van der Waals surface area contributed by atoms with Gasteiger partial charge in [0, 0.05) is 23.9 Å². The molecule has 5 nitrogen and oxygen atoms in total. The van der Waals surface area contributed by atoms with Crippen LogP contribution in [0.4, 0.5) is 9.18 Å². The summed E-state index contributed by atoms with van der Waals surface area (Å²) in [7, 11) is 0. The maximum absolute atomic E-state index is 13.3. The van der Waals surface area contributed by atoms with Crippen LogP contribution in [-0.2, 0) is 4.74 Å². The summed E-state index contributed by atoms with van der Waals surface area (Å²) in [5, 5.41) is 0. The molecule has 35 heavy (non-hydrogen) atoms. The summed E-state index contributed by atoms with van der Waals surface area (Å²) in [4.78, 5) is 32.2. The summed E-state index contributed by atoms with van der Waals surface area (Å²) in [6, 6.07) is 19.3. The van der Waals surface area contributed by atoms with Gasteiger partial charge in [-0.1, -0.05) is 48.5 Å². The molecule has 3 aliphatic rings. The van der Waals surface area contributed by atoms with Crippen molar-refractivity contribution in [1.82, 2.24) is 9.88 Å². The molecule has 2 aromatic carbocycles. The average molecular weight is 471 g/mol. The minimum Gasteiger partial charge on any atom is -0.448 e. The number of ether oxygens (including phenoxy) is 1. The predicted octanol–water partition coefficient (Wildman–Crippen LogP) is 5.99. The van der Waals surface area contributed by atoms with Crippen molar-refractivity contribution in [2.75, 3.05) is 6.61 Å². The van der Waals surface area contributed by atoms with Crippen LogP contribution < -0.4 is 0 Å². The fourth-order valence-electron chi connectivity index (χ4n) is 6.29. The fraction of sp³-hybridized carbons (Fsp3) is 0.345. The maximum Gasteiger partial charge on any atom is 0.410 e. The van der Waals surface area contributed by atoms with E-state index in [1.807, 2.05) is 29.2 Å². The number of nitrogens with zero attached hydrogens (tertiary/aromatic N) is 2. The Morgan fingerprint density at radius 2 is 1.54 bits per heavy atom. The second-order valence-corrected chi connectivity index (χ2v) is 9.84. The van der Waals surface area contributed by atoms with Crippen LogP contribution in [-0.4, -0.2) is 40.5 Å². The largest absolute Gasteiger partial charge is 0.448 e. The van der Waals surface area contributed by atoms with Gasteiger partial charge in [-0.25, -0.2) is 9.18 Å². The lowest BCUT2D eigenvalue weighted by atomic mass is 9.76. The van der Waals surface area contributed by atoms with Crippen molar-refractivity contribution in [3.63, 3.8) is 0 Å². The number of piperidine rings is 2. The van der Waals surface area contributed by atoms with Crippen LogP contribution in [0.5, 0.6) is 0 Å². The zero-order valence-electron chi connectivity index (χ0n) is 19.4. The molecule has 0 saturated carbocycles. The van der Waals surface area contributed by atoms with E-state index in [9.17, 15) is 14.0 Å². The van der Waals surface area contributed by atoms with E-state index in [0.29, 0.717) is 25.1 Å². The Bertz CT molecular complexity index is 1220. The van der Waals surface area contributed by atoms with Crippen LogP contribution in [0.25, 0.3) is 11.1 Å².